The van der Waals surface area contributed by atoms with Crippen LogP contribution in [0.4, 0.5) is 0 Å². The number of allylic oxidation sites excluding steroid dienone is 1. The number of nitrogens with two attached hydrogens (primary N) is 1. The summed E-state index contributed by atoms with van der Waals surface area (Å²) in [6.45, 7) is 0. The number of hydrogen-bond acceptors (Lipinski definition) is 2. The van der Waals surface area contributed by atoms with E-state index in [1.165, 1.54) is 37.7 Å². The minimum atomic E-state index is 0.0330. The lowest BCUT2D eigenvalue weighted by Crippen LogP contribution is -2.17. The molecule has 1 aromatic rings. The summed E-state index contributed by atoms with van der Waals surface area (Å²) in [6, 6.07) is 2.05. The number of nitrogens with zero attached hydrogens (tertiary/aromatic N) is 2. The Kier molecular flexibility index (Phi) is 3.78. The van der Waals surface area contributed by atoms with Crippen LogP contribution in [-0.4, -0.2) is 9.78 Å². The van der Waals surface area contributed by atoms with Crippen LogP contribution in [0.15, 0.2) is 23.9 Å². The Labute approximate surface area is 97.3 Å². The lowest BCUT2D eigenvalue weighted by molar-refractivity contribution is 0.586. The van der Waals surface area contributed by atoms with Gasteiger partial charge in [-0.2, -0.15) is 5.10 Å². The summed E-state index contributed by atoms with van der Waals surface area (Å²) in [6.07, 6.45) is 11.8. The van der Waals surface area contributed by atoms with Crippen LogP contribution in [-0.2, 0) is 7.05 Å². The highest BCUT2D eigenvalue weighted by molar-refractivity contribution is 5.21. The van der Waals surface area contributed by atoms with Crippen molar-refractivity contribution >= 4 is 0 Å². The standard InChI is InChI=1S/C13H21N3/c1-16-12(9-10-15-16)13(14)11-7-5-3-2-4-6-8-11/h7,9-10,13H,2-6,8,14H2,1H3/b11-7+. The molecule has 0 saturated carbocycles. The fraction of sp³-hybridized carbons (Fsp3) is 0.615. The molecular weight excluding hydrogens is 198 g/mol. The molecule has 88 valence electrons. The van der Waals surface area contributed by atoms with Gasteiger partial charge in [-0.15, -0.1) is 0 Å². The second kappa shape index (κ2) is 5.30. The molecule has 0 bridgehead atoms. The number of hydrogen-bond donors (Lipinski definition) is 1. The van der Waals surface area contributed by atoms with Gasteiger partial charge in [0.15, 0.2) is 0 Å². The van der Waals surface area contributed by atoms with Crippen molar-refractivity contribution in [2.24, 2.45) is 12.8 Å². The normalized spacial score (nSPS) is 23.0. The quantitative estimate of drug-likeness (QED) is 0.777. The molecule has 1 aliphatic rings. The molecular formula is C13H21N3. The number of rotatable bonds is 2. The molecule has 0 aromatic carbocycles. The van der Waals surface area contributed by atoms with Gasteiger partial charge in [-0.1, -0.05) is 24.5 Å². The molecule has 1 aliphatic carbocycles. The van der Waals surface area contributed by atoms with E-state index in [9.17, 15) is 0 Å². The van der Waals surface area contributed by atoms with Crippen molar-refractivity contribution in [3.63, 3.8) is 0 Å². The van der Waals surface area contributed by atoms with Crippen LogP contribution < -0.4 is 5.73 Å². The van der Waals surface area contributed by atoms with Gasteiger partial charge < -0.3 is 5.73 Å². The van der Waals surface area contributed by atoms with E-state index >= 15 is 0 Å². The maximum Gasteiger partial charge on any atom is 0.0682 e. The first kappa shape index (κ1) is 11.4. The number of aryl methyl sites for hydroxylation is 1. The van der Waals surface area contributed by atoms with E-state index in [0.717, 1.165) is 12.1 Å². The molecule has 3 nitrogen and oxygen atoms in total. The predicted octanol–water partition coefficient (Wildman–Crippen LogP) is 2.70. The van der Waals surface area contributed by atoms with Crippen molar-refractivity contribution in [1.29, 1.82) is 0 Å². The molecule has 1 aromatic heterocycles. The topological polar surface area (TPSA) is 43.8 Å². The average molecular weight is 219 g/mol. The van der Waals surface area contributed by atoms with Gasteiger partial charge in [-0.05, 0) is 31.7 Å². The predicted molar refractivity (Wildman–Crippen MR) is 65.9 cm³/mol. The molecule has 2 N–H and O–H groups in total. The van der Waals surface area contributed by atoms with Crippen molar-refractivity contribution < 1.29 is 0 Å². The monoisotopic (exact) mass is 219 g/mol. The molecule has 2 rings (SSSR count). The molecule has 0 aliphatic heterocycles. The average Bonchev–Trinajstić information content (AvgIpc) is 2.63. The van der Waals surface area contributed by atoms with E-state index in [2.05, 4.69) is 11.2 Å². The molecule has 0 spiro atoms. The van der Waals surface area contributed by atoms with Crippen LogP contribution in [0.3, 0.4) is 0 Å². The van der Waals surface area contributed by atoms with Crippen LogP contribution in [0, 0.1) is 0 Å². The summed E-state index contributed by atoms with van der Waals surface area (Å²) >= 11 is 0. The Morgan fingerprint density at radius 3 is 2.88 bits per heavy atom. The van der Waals surface area contributed by atoms with Crippen LogP contribution in [0.5, 0.6) is 0 Å². The Morgan fingerprint density at radius 1 is 1.31 bits per heavy atom. The van der Waals surface area contributed by atoms with Crippen LogP contribution in [0.2, 0.25) is 0 Å². The lowest BCUT2D eigenvalue weighted by Gasteiger charge is -2.18. The summed E-state index contributed by atoms with van der Waals surface area (Å²) in [4.78, 5) is 0. The van der Waals surface area contributed by atoms with Gasteiger partial charge in [-0.25, -0.2) is 0 Å². The minimum Gasteiger partial charge on any atom is -0.319 e. The Hall–Kier alpha value is -1.09. The van der Waals surface area contributed by atoms with Crippen LogP contribution >= 0.6 is 0 Å². The largest absolute Gasteiger partial charge is 0.319 e. The fourth-order valence-electron chi connectivity index (χ4n) is 2.38. The fourth-order valence-corrected chi connectivity index (χ4v) is 2.38. The van der Waals surface area contributed by atoms with Crippen LogP contribution in [0.1, 0.15) is 50.3 Å². The van der Waals surface area contributed by atoms with Crippen LogP contribution in [0.25, 0.3) is 0 Å². The van der Waals surface area contributed by atoms with Crippen molar-refractivity contribution in [2.75, 3.05) is 0 Å². The van der Waals surface area contributed by atoms with Gasteiger partial charge in [-0.3, -0.25) is 4.68 Å². The van der Waals surface area contributed by atoms with Gasteiger partial charge in [0.05, 0.1) is 11.7 Å². The third kappa shape index (κ3) is 2.53. The summed E-state index contributed by atoms with van der Waals surface area (Å²) in [5, 5.41) is 4.18. The SMILES string of the molecule is Cn1nccc1C(N)/C1=C/CCCCCC1. The van der Waals surface area contributed by atoms with Gasteiger partial charge in [0.1, 0.15) is 0 Å². The zero-order valence-corrected chi connectivity index (χ0v) is 10.0. The van der Waals surface area contributed by atoms with Gasteiger partial charge in [0, 0.05) is 13.2 Å². The third-order valence-electron chi connectivity index (χ3n) is 3.40. The van der Waals surface area contributed by atoms with Crippen molar-refractivity contribution in [3.8, 4) is 0 Å². The zero-order chi connectivity index (χ0) is 11.4. The highest BCUT2D eigenvalue weighted by Crippen LogP contribution is 2.26. The molecule has 0 radical (unpaired) electrons. The molecule has 1 heterocycles. The molecule has 0 saturated heterocycles. The Balaban J connectivity index is 2.13. The van der Waals surface area contributed by atoms with Crippen molar-refractivity contribution in [3.05, 3.63) is 29.6 Å². The summed E-state index contributed by atoms with van der Waals surface area (Å²) in [5.41, 5.74) is 8.82. The van der Waals surface area contributed by atoms with E-state index in [1.54, 1.807) is 0 Å². The summed E-state index contributed by atoms with van der Waals surface area (Å²) < 4.78 is 1.88. The Morgan fingerprint density at radius 2 is 2.12 bits per heavy atom. The van der Waals surface area contributed by atoms with E-state index in [0.29, 0.717) is 0 Å². The molecule has 0 fully saturated rings. The molecule has 1 atom stereocenters. The number of aromatic nitrogens is 2. The smallest absolute Gasteiger partial charge is 0.0682 e. The maximum absolute atomic E-state index is 6.31. The first-order valence-electron chi connectivity index (χ1n) is 6.21. The zero-order valence-electron chi connectivity index (χ0n) is 10.0. The van der Waals surface area contributed by atoms with Crippen molar-refractivity contribution in [1.82, 2.24) is 9.78 Å². The molecule has 0 amide bonds. The van der Waals surface area contributed by atoms with Gasteiger partial charge in [0.25, 0.3) is 0 Å². The second-order valence-electron chi connectivity index (χ2n) is 4.59. The lowest BCUT2D eigenvalue weighted by atomic mass is 9.94. The van der Waals surface area contributed by atoms with E-state index in [4.69, 9.17) is 5.73 Å². The Bertz CT molecular complexity index is 365. The molecule has 16 heavy (non-hydrogen) atoms. The third-order valence-corrected chi connectivity index (χ3v) is 3.40. The highest BCUT2D eigenvalue weighted by atomic mass is 15.3. The van der Waals surface area contributed by atoms with Gasteiger partial charge in [0.2, 0.25) is 0 Å². The van der Waals surface area contributed by atoms with Gasteiger partial charge >= 0.3 is 0 Å². The van der Waals surface area contributed by atoms with Crippen molar-refractivity contribution in [2.45, 2.75) is 44.6 Å². The van der Waals surface area contributed by atoms with E-state index in [1.807, 2.05) is 24.0 Å². The minimum absolute atomic E-state index is 0.0330. The molecule has 1 unspecified atom stereocenters. The van der Waals surface area contributed by atoms with E-state index < -0.39 is 0 Å². The second-order valence-corrected chi connectivity index (χ2v) is 4.59. The summed E-state index contributed by atoms with van der Waals surface area (Å²) in [7, 11) is 1.96. The first-order chi connectivity index (χ1) is 7.79. The molecule has 3 heteroatoms. The first-order valence-corrected chi connectivity index (χ1v) is 6.21. The van der Waals surface area contributed by atoms with E-state index in [-0.39, 0.29) is 6.04 Å². The highest BCUT2D eigenvalue weighted by Gasteiger charge is 2.15. The summed E-state index contributed by atoms with van der Waals surface area (Å²) in [5.74, 6) is 0. The maximum atomic E-state index is 6.31.